The molecule has 0 saturated heterocycles. The lowest BCUT2D eigenvalue weighted by molar-refractivity contribution is -0.189. The van der Waals surface area contributed by atoms with Crippen molar-refractivity contribution in [2.75, 3.05) is 6.54 Å². The lowest BCUT2D eigenvalue weighted by Crippen LogP contribution is -2.51. The van der Waals surface area contributed by atoms with E-state index in [0.717, 1.165) is 24.3 Å². The third-order valence-electron chi connectivity index (χ3n) is 7.81. The van der Waals surface area contributed by atoms with Gasteiger partial charge in [-0.05, 0) is 61.9 Å². The molecule has 2 N–H and O–H groups in total. The van der Waals surface area contributed by atoms with Gasteiger partial charge in [0.05, 0.1) is 23.9 Å². The van der Waals surface area contributed by atoms with Gasteiger partial charge in [-0.15, -0.1) is 0 Å². The number of carbonyl (C=O) groups excluding carboxylic acids is 2. The average molecular weight is 598 g/mol. The number of carboxylic acid groups (broad SMARTS) is 1. The first-order chi connectivity index (χ1) is 19.7. The molecule has 226 valence electrons. The van der Waals surface area contributed by atoms with Gasteiger partial charge in [-0.25, -0.2) is 0 Å². The Labute approximate surface area is 237 Å². The summed E-state index contributed by atoms with van der Waals surface area (Å²) >= 11 is 0. The molecule has 0 radical (unpaired) electrons. The molecule has 13 heteroatoms. The largest absolute Gasteiger partial charge is 0.481 e. The number of benzene rings is 2. The number of hydrogen-bond donors (Lipinski definition) is 2. The van der Waals surface area contributed by atoms with E-state index in [-0.39, 0.29) is 55.5 Å². The standard InChI is InChI=1S/C29H29F6N3O4/c1-2-22(17-3-5-19(6-4-17)25(41)36-16-13-23(39)40)38-26(42)24(18-7-9-20(10-8-18)28(30,31)32)37-27(38)14-11-21(12-15-27)29(33,34)35/h3-10,21-22H,2,11-16H2,1H3,(H,36,41)(H,39,40)/t21?,22-,27?/m1/s1. The van der Waals surface area contributed by atoms with Gasteiger partial charge in [-0.2, -0.15) is 26.3 Å². The van der Waals surface area contributed by atoms with Crippen molar-refractivity contribution in [3.8, 4) is 0 Å². The number of nitrogens with zero attached hydrogens (tertiary/aromatic N) is 2. The second-order valence-corrected chi connectivity index (χ2v) is 10.5. The van der Waals surface area contributed by atoms with Crippen LogP contribution in [0.15, 0.2) is 53.5 Å². The van der Waals surface area contributed by atoms with Crippen molar-refractivity contribution in [3.63, 3.8) is 0 Å². The number of nitrogens with one attached hydrogen (secondary N) is 1. The van der Waals surface area contributed by atoms with E-state index in [2.05, 4.69) is 10.3 Å². The number of aliphatic carboxylic acids is 1. The summed E-state index contributed by atoms with van der Waals surface area (Å²) in [7, 11) is 0. The molecule has 1 saturated carbocycles. The van der Waals surface area contributed by atoms with Crippen LogP contribution in [0.5, 0.6) is 0 Å². The highest BCUT2D eigenvalue weighted by molar-refractivity contribution is 6.46. The van der Waals surface area contributed by atoms with E-state index in [0.29, 0.717) is 12.0 Å². The van der Waals surface area contributed by atoms with Gasteiger partial charge in [-0.1, -0.05) is 31.2 Å². The van der Waals surface area contributed by atoms with Crippen molar-refractivity contribution < 1.29 is 45.8 Å². The minimum Gasteiger partial charge on any atom is -0.481 e. The molecule has 2 aliphatic rings. The number of carboxylic acids is 1. The lowest BCUT2D eigenvalue weighted by atomic mass is 9.80. The van der Waals surface area contributed by atoms with Crippen molar-refractivity contribution in [3.05, 3.63) is 70.8 Å². The van der Waals surface area contributed by atoms with Crippen LogP contribution in [0.1, 0.15) is 78.5 Å². The van der Waals surface area contributed by atoms with Crippen LogP contribution in [0.2, 0.25) is 0 Å². The maximum absolute atomic E-state index is 13.9. The monoisotopic (exact) mass is 597 g/mol. The summed E-state index contributed by atoms with van der Waals surface area (Å²) in [6.07, 6.45) is -9.57. The van der Waals surface area contributed by atoms with E-state index >= 15 is 0 Å². The fourth-order valence-corrected chi connectivity index (χ4v) is 5.62. The smallest absolute Gasteiger partial charge is 0.416 e. The van der Waals surface area contributed by atoms with Crippen molar-refractivity contribution in [1.29, 1.82) is 0 Å². The third kappa shape index (κ3) is 6.44. The van der Waals surface area contributed by atoms with Crippen molar-refractivity contribution in [2.45, 2.75) is 69.5 Å². The highest BCUT2D eigenvalue weighted by atomic mass is 19.4. The molecule has 1 aliphatic carbocycles. The van der Waals surface area contributed by atoms with Gasteiger partial charge in [0.25, 0.3) is 11.8 Å². The van der Waals surface area contributed by atoms with E-state index < -0.39 is 53.3 Å². The predicted molar refractivity (Wildman–Crippen MR) is 140 cm³/mol. The van der Waals surface area contributed by atoms with E-state index in [1.54, 1.807) is 19.1 Å². The summed E-state index contributed by atoms with van der Waals surface area (Å²) in [6.45, 7) is 1.72. The highest BCUT2D eigenvalue weighted by Crippen LogP contribution is 2.49. The number of halogens is 6. The molecular formula is C29H29F6N3O4. The summed E-state index contributed by atoms with van der Waals surface area (Å²) in [6, 6.07) is 9.50. The van der Waals surface area contributed by atoms with E-state index in [1.807, 2.05) is 0 Å². The molecule has 0 unspecified atom stereocenters. The Morgan fingerprint density at radius 2 is 1.62 bits per heavy atom. The van der Waals surface area contributed by atoms with Crippen LogP contribution < -0.4 is 5.32 Å². The molecule has 2 aromatic rings. The zero-order valence-corrected chi connectivity index (χ0v) is 22.6. The summed E-state index contributed by atoms with van der Waals surface area (Å²) < 4.78 is 79.9. The Morgan fingerprint density at radius 3 is 2.12 bits per heavy atom. The summed E-state index contributed by atoms with van der Waals surface area (Å²) in [5.74, 6) is -3.71. The molecule has 1 fully saturated rings. The number of amides is 2. The molecule has 0 bridgehead atoms. The first kappa shape index (κ1) is 31.0. The molecule has 1 spiro atoms. The second-order valence-electron chi connectivity index (χ2n) is 10.5. The summed E-state index contributed by atoms with van der Waals surface area (Å²) in [4.78, 5) is 43.1. The Kier molecular flexibility index (Phi) is 8.70. The van der Waals surface area contributed by atoms with Crippen LogP contribution in [0.4, 0.5) is 26.3 Å². The third-order valence-corrected chi connectivity index (χ3v) is 7.81. The lowest BCUT2D eigenvalue weighted by Gasteiger charge is -2.45. The first-order valence-electron chi connectivity index (χ1n) is 13.4. The molecule has 1 atom stereocenters. The molecule has 2 aromatic carbocycles. The fourth-order valence-electron chi connectivity index (χ4n) is 5.62. The Bertz CT molecular complexity index is 1350. The number of hydrogen-bond acceptors (Lipinski definition) is 4. The SMILES string of the molecule is CC[C@H](c1ccc(C(=O)NCCC(=O)O)cc1)N1C(=O)C(c2ccc(C(F)(F)F)cc2)=NC12CCC(C(F)(F)F)CC2. The van der Waals surface area contributed by atoms with Crippen LogP contribution in [0.3, 0.4) is 0 Å². The molecule has 2 amide bonds. The van der Waals surface area contributed by atoms with E-state index in [1.165, 1.54) is 17.0 Å². The fraction of sp³-hybridized carbons (Fsp3) is 0.448. The molecule has 4 rings (SSSR count). The minimum atomic E-state index is -4.59. The Hall–Kier alpha value is -3.90. The summed E-state index contributed by atoms with van der Waals surface area (Å²) in [5.41, 5.74) is -1.36. The zero-order chi connectivity index (χ0) is 30.9. The van der Waals surface area contributed by atoms with Gasteiger partial charge in [0.2, 0.25) is 0 Å². The molecule has 1 heterocycles. The van der Waals surface area contributed by atoms with E-state index in [9.17, 15) is 40.7 Å². The number of carbonyl (C=O) groups is 3. The maximum atomic E-state index is 13.9. The Balaban J connectivity index is 1.66. The van der Waals surface area contributed by atoms with Gasteiger partial charge in [-0.3, -0.25) is 19.4 Å². The van der Waals surface area contributed by atoms with Crippen LogP contribution in [-0.4, -0.2) is 51.9 Å². The number of alkyl halides is 6. The molecule has 1 aliphatic heterocycles. The topological polar surface area (TPSA) is 99.1 Å². The van der Waals surface area contributed by atoms with Gasteiger partial charge >= 0.3 is 18.3 Å². The molecule has 7 nitrogen and oxygen atoms in total. The average Bonchev–Trinajstić information content (AvgIpc) is 3.20. The van der Waals surface area contributed by atoms with Crippen molar-refractivity contribution in [1.82, 2.24) is 10.2 Å². The number of aliphatic imine (C=N–C) groups is 1. The van der Waals surface area contributed by atoms with E-state index in [4.69, 9.17) is 5.11 Å². The first-order valence-corrected chi connectivity index (χ1v) is 13.4. The normalized spacial score (nSPS) is 21.8. The van der Waals surface area contributed by atoms with Gasteiger partial charge in [0.1, 0.15) is 11.4 Å². The summed E-state index contributed by atoms with van der Waals surface area (Å²) in [5, 5.41) is 11.2. The van der Waals surface area contributed by atoms with Crippen LogP contribution in [0, 0.1) is 5.92 Å². The van der Waals surface area contributed by atoms with Crippen LogP contribution >= 0.6 is 0 Å². The van der Waals surface area contributed by atoms with Crippen molar-refractivity contribution >= 4 is 23.5 Å². The molecule has 0 aromatic heterocycles. The molecule has 42 heavy (non-hydrogen) atoms. The molecular weight excluding hydrogens is 568 g/mol. The van der Waals surface area contributed by atoms with Crippen LogP contribution in [-0.2, 0) is 15.8 Å². The Morgan fingerprint density at radius 1 is 1.02 bits per heavy atom. The maximum Gasteiger partial charge on any atom is 0.416 e. The van der Waals surface area contributed by atoms with Gasteiger partial charge in [0.15, 0.2) is 0 Å². The highest BCUT2D eigenvalue weighted by Gasteiger charge is 2.54. The predicted octanol–water partition coefficient (Wildman–Crippen LogP) is 6.14. The quantitative estimate of drug-likeness (QED) is 0.357. The second kappa shape index (κ2) is 11.8. The van der Waals surface area contributed by atoms with Crippen molar-refractivity contribution in [2.24, 2.45) is 10.9 Å². The minimum absolute atomic E-state index is 0.0682. The van der Waals surface area contributed by atoms with Gasteiger partial charge in [0, 0.05) is 17.7 Å². The van der Waals surface area contributed by atoms with Crippen LogP contribution in [0.25, 0.3) is 0 Å². The van der Waals surface area contributed by atoms with Gasteiger partial charge < -0.3 is 15.3 Å². The number of rotatable bonds is 8. The zero-order valence-electron chi connectivity index (χ0n) is 22.6.